The third kappa shape index (κ3) is 2.98. The molecule has 0 spiro atoms. The zero-order valence-electron chi connectivity index (χ0n) is 7.67. The Balaban J connectivity index is 2.71. The molecule has 1 atom stereocenters. The van der Waals surface area contributed by atoms with Gasteiger partial charge in [0.05, 0.1) is 6.61 Å². The average molecular weight is 233 g/mol. The van der Waals surface area contributed by atoms with Crippen LogP contribution in [0.2, 0.25) is 10.0 Å². The lowest BCUT2D eigenvalue weighted by atomic mass is 10.2. The van der Waals surface area contributed by atoms with Crippen LogP contribution in [0.4, 0.5) is 0 Å². The second kappa shape index (κ2) is 5.35. The Morgan fingerprint density at radius 2 is 2.00 bits per heavy atom. The van der Waals surface area contributed by atoms with Crippen LogP contribution in [0.5, 0.6) is 0 Å². The van der Waals surface area contributed by atoms with E-state index in [9.17, 15) is 4.79 Å². The van der Waals surface area contributed by atoms with E-state index in [0.29, 0.717) is 15.6 Å². The minimum absolute atomic E-state index is 0.248. The number of hydrogen-bond donors (Lipinski definition) is 0. The normalized spacial score (nSPS) is 12.5. The van der Waals surface area contributed by atoms with E-state index in [4.69, 9.17) is 27.9 Å². The molecule has 0 aliphatic rings. The van der Waals surface area contributed by atoms with Gasteiger partial charge in [0.1, 0.15) is 12.4 Å². The highest BCUT2D eigenvalue weighted by Crippen LogP contribution is 2.25. The maximum atomic E-state index is 10.3. The molecule has 0 saturated carbocycles. The lowest BCUT2D eigenvalue weighted by Gasteiger charge is -2.09. The summed E-state index contributed by atoms with van der Waals surface area (Å²) in [4.78, 5) is 10.3. The van der Waals surface area contributed by atoms with Crippen molar-refractivity contribution >= 4 is 29.5 Å². The van der Waals surface area contributed by atoms with Crippen molar-refractivity contribution in [3.8, 4) is 0 Å². The van der Waals surface area contributed by atoms with Crippen LogP contribution >= 0.6 is 23.2 Å². The number of carbonyl (C=O) groups is 1. The fourth-order valence-electron chi connectivity index (χ4n) is 0.924. The molecule has 1 rings (SSSR count). The van der Waals surface area contributed by atoms with Crippen LogP contribution in [0.15, 0.2) is 18.2 Å². The van der Waals surface area contributed by atoms with E-state index in [0.717, 1.165) is 6.29 Å². The third-order valence-electron chi connectivity index (χ3n) is 1.74. The van der Waals surface area contributed by atoms with Gasteiger partial charge in [-0.05, 0) is 19.1 Å². The number of carbonyl (C=O) groups excluding carboxylic acids is 1. The van der Waals surface area contributed by atoms with Gasteiger partial charge in [-0.3, -0.25) is 0 Å². The molecule has 0 aliphatic carbocycles. The fourth-order valence-corrected chi connectivity index (χ4v) is 1.43. The van der Waals surface area contributed by atoms with E-state index >= 15 is 0 Å². The van der Waals surface area contributed by atoms with Crippen molar-refractivity contribution in [2.45, 2.75) is 19.6 Å². The van der Waals surface area contributed by atoms with Crippen molar-refractivity contribution in [3.05, 3.63) is 33.8 Å². The van der Waals surface area contributed by atoms with Crippen LogP contribution < -0.4 is 0 Å². The summed E-state index contributed by atoms with van der Waals surface area (Å²) in [7, 11) is 0. The molecule has 0 amide bonds. The highest BCUT2D eigenvalue weighted by atomic mass is 35.5. The van der Waals surface area contributed by atoms with Gasteiger partial charge in [-0.15, -0.1) is 0 Å². The first-order valence-electron chi connectivity index (χ1n) is 4.15. The molecular weight excluding hydrogens is 223 g/mol. The highest BCUT2D eigenvalue weighted by Gasteiger charge is 2.07. The maximum Gasteiger partial charge on any atom is 0.148 e. The van der Waals surface area contributed by atoms with Crippen molar-refractivity contribution < 1.29 is 9.53 Å². The van der Waals surface area contributed by atoms with E-state index in [1.807, 2.05) is 0 Å². The zero-order chi connectivity index (χ0) is 10.6. The summed E-state index contributed by atoms with van der Waals surface area (Å²) in [6, 6.07) is 5.23. The Hall–Kier alpha value is -0.570. The second-order valence-corrected chi connectivity index (χ2v) is 3.67. The maximum absolute atomic E-state index is 10.3. The predicted molar refractivity (Wildman–Crippen MR) is 56.8 cm³/mol. The average Bonchev–Trinajstić information content (AvgIpc) is 2.16. The van der Waals surface area contributed by atoms with Crippen LogP contribution in [-0.4, -0.2) is 12.4 Å². The van der Waals surface area contributed by atoms with Crippen LogP contribution in [0, 0.1) is 0 Å². The molecule has 0 fully saturated rings. The van der Waals surface area contributed by atoms with Crippen molar-refractivity contribution in [3.63, 3.8) is 0 Å². The van der Waals surface area contributed by atoms with Gasteiger partial charge in [0, 0.05) is 15.6 Å². The summed E-state index contributed by atoms with van der Waals surface area (Å²) < 4.78 is 5.20. The molecule has 1 unspecified atom stereocenters. The molecule has 4 heteroatoms. The highest BCUT2D eigenvalue weighted by molar-refractivity contribution is 6.35. The first-order chi connectivity index (χ1) is 6.65. The molecule has 76 valence electrons. The Kier molecular flexibility index (Phi) is 4.39. The Labute approximate surface area is 92.8 Å². The van der Waals surface area contributed by atoms with Crippen molar-refractivity contribution in [1.82, 2.24) is 0 Å². The number of aldehydes is 1. The molecule has 1 aromatic carbocycles. The quantitative estimate of drug-likeness (QED) is 0.747. The summed E-state index contributed by atoms with van der Waals surface area (Å²) in [6.07, 6.45) is 0.285. The summed E-state index contributed by atoms with van der Waals surface area (Å²) in [5.74, 6) is 0. The largest absolute Gasteiger partial charge is 0.366 e. The number of rotatable bonds is 4. The Morgan fingerprint density at radius 1 is 1.43 bits per heavy atom. The van der Waals surface area contributed by atoms with Crippen LogP contribution in [0.3, 0.4) is 0 Å². The molecule has 0 heterocycles. The lowest BCUT2D eigenvalue weighted by Crippen LogP contribution is -2.09. The monoisotopic (exact) mass is 232 g/mol. The summed E-state index contributed by atoms with van der Waals surface area (Å²) >= 11 is 11.8. The first kappa shape index (κ1) is 11.5. The van der Waals surface area contributed by atoms with E-state index < -0.39 is 6.10 Å². The summed E-state index contributed by atoms with van der Waals surface area (Å²) in [5, 5.41) is 1.10. The third-order valence-corrected chi connectivity index (χ3v) is 2.45. The van der Waals surface area contributed by atoms with Gasteiger partial charge in [-0.2, -0.15) is 0 Å². The number of ether oxygens (including phenoxy) is 1. The molecule has 0 aromatic heterocycles. The van der Waals surface area contributed by atoms with Crippen LogP contribution in [0.1, 0.15) is 12.5 Å². The summed E-state index contributed by atoms with van der Waals surface area (Å²) in [5.41, 5.74) is 0.713. The van der Waals surface area contributed by atoms with Gasteiger partial charge in [-0.25, -0.2) is 0 Å². The van der Waals surface area contributed by atoms with Gasteiger partial charge in [0.25, 0.3) is 0 Å². The number of benzene rings is 1. The smallest absolute Gasteiger partial charge is 0.148 e. The van der Waals surface area contributed by atoms with Crippen LogP contribution in [-0.2, 0) is 16.1 Å². The molecular formula is C10H10Cl2O2. The lowest BCUT2D eigenvalue weighted by molar-refractivity contribution is -0.117. The molecule has 0 N–H and O–H groups in total. The van der Waals surface area contributed by atoms with Crippen molar-refractivity contribution in [1.29, 1.82) is 0 Å². The van der Waals surface area contributed by atoms with E-state index in [-0.39, 0.29) is 6.61 Å². The molecule has 14 heavy (non-hydrogen) atoms. The van der Waals surface area contributed by atoms with Gasteiger partial charge >= 0.3 is 0 Å². The molecule has 0 aliphatic heterocycles. The number of halogens is 2. The fraction of sp³-hybridized carbons (Fsp3) is 0.300. The van der Waals surface area contributed by atoms with E-state index in [1.165, 1.54) is 0 Å². The molecule has 0 radical (unpaired) electrons. The summed E-state index contributed by atoms with van der Waals surface area (Å²) in [6.45, 7) is 1.91. The second-order valence-electron chi connectivity index (χ2n) is 2.85. The molecule has 0 saturated heterocycles. The van der Waals surface area contributed by atoms with E-state index in [2.05, 4.69) is 0 Å². The minimum atomic E-state index is -0.442. The SMILES string of the molecule is CC(C=O)OCc1c(Cl)cccc1Cl. The molecule has 2 nitrogen and oxygen atoms in total. The minimum Gasteiger partial charge on any atom is -0.366 e. The Morgan fingerprint density at radius 3 is 2.50 bits per heavy atom. The van der Waals surface area contributed by atoms with Gasteiger partial charge in [0.2, 0.25) is 0 Å². The Bertz CT molecular complexity index is 306. The molecule has 1 aromatic rings. The zero-order valence-corrected chi connectivity index (χ0v) is 9.18. The standard InChI is InChI=1S/C10H10Cl2O2/c1-7(5-13)14-6-8-9(11)3-2-4-10(8)12/h2-5,7H,6H2,1H3. The van der Waals surface area contributed by atoms with Crippen molar-refractivity contribution in [2.75, 3.05) is 0 Å². The van der Waals surface area contributed by atoms with E-state index in [1.54, 1.807) is 25.1 Å². The molecule has 0 bridgehead atoms. The van der Waals surface area contributed by atoms with Crippen molar-refractivity contribution in [2.24, 2.45) is 0 Å². The van der Waals surface area contributed by atoms with Gasteiger partial charge < -0.3 is 9.53 Å². The van der Waals surface area contributed by atoms with Gasteiger partial charge in [0.15, 0.2) is 0 Å². The predicted octanol–water partition coefficient (Wildman–Crippen LogP) is 3.10. The van der Waals surface area contributed by atoms with Crippen LogP contribution in [0.25, 0.3) is 0 Å². The number of hydrogen-bond acceptors (Lipinski definition) is 2. The topological polar surface area (TPSA) is 26.3 Å². The first-order valence-corrected chi connectivity index (χ1v) is 4.90. The van der Waals surface area contributed by atoms with Gasteiger partial charge in [-0.1, -0.05) is 29.3 Å².